The summed E-state index contributed by atoms with van der Waals surface area (Å²) in [6, 6.07) is 0. The molecule has 0 aromatic heterocycles. The summed E-state index contributed by atoms with van der Waals surface area (Å²) in [6.07, 6.45) is 0. The van der Waals surface area contributed by atoms with Crippen LogP contribution in [0.15, 0.2) is 0 Å². The zero-order valence-electron chi connectivity index (χ0n) is 23.5. The fourth-order valence-corrected chi connectivity index (χ4v) is 4.49. The van der Waals surface area contributed by atoms with Crippen LogP contribution in [0.25, 0.3) is 0 Å². The Bertz CT molecular complexity index is 748. The summed E-state index contributed by atoms with van der Waals surface area (Å²) in [7, 11) is 0. The average Bonchev–Trinajstić information content (AvgIpc) is 2.93. The highest BCUT2D eigenvalue weighted by atomic mass is 16.4. The first-order valence-electron chi connectivity index (χ1n) is 13.4. The van der Waals surface area contributed by atoms with Crippen LogP contribution >= 0.6 is 0 Å². The molecule has 18 heteroatoms. The zero-order chi connectivity index (χ0) is 31.7. The Hall–Kier alpha value is -3.42. The van der Waals surface area contributed by atoms with Gasteiger partial charge in [-0.1, -0.05) is 0 Å². The Morgan fingerprint density at radius 2 is 0.548 bits per heavy atom. The van der Waals surface area contributed by atoms with Crippen LogP contribution in [0.4, 0.5) is 0 Å². The average molecular weight is 607 g/mol. The first-order chi connectivity index (χ1) is 19.7. The van der Waals surface area contributed by atoms with Crippen molar-refractivity contribution in [2.45, 2.75) is 0 Å². The van der Waals surface area contributed by atoms with E-state index in [9.17, 15) is 28.8 Å². The first kappa shape index (κ1) is 36.6. The van der Waals surface area contributed by atoms with Gasteiger partial charge in [-0.2, -0.15) is 0 Å². The quantitative estimate of drug-likeness (QED) is 0.0736. The molecule has 0 saturated carbocycles. The van der Waals surface area contributed by atoms with Crippen molar-refractivity contribution >= 4 is 35.8 Å². The fourth-order valence-electron chi connectivity index (χ4n) is 4.49. The number of hydrogen-bond donors (Lipinski definition) is 6. The Morgan fingerprint density at radius 3 is 0.690 bits per heavy atom. The van der Waals surface area contributed by atoms with Gasteiger partial charge >= 0.3 is 35.8 Å². The normalized spacial score (nSPS) is 15.8. The highest BCUT2D eigenvalue weighted by molar-refractivity contribution is 5.73. The molecule has 0 unspecified atom stereocenters. The maximum Gasteiger partial charge on any atom is 0.317 e. The Labute approximate surface area is 242 Å². The van der Waals surface area contributed by atoms with E-state index in [1.807, 2.05) is 14.7 Å². The van der Waals surface area contributed by atoms with Gasteiger partial charge in [-0.3, -0.25) is 58.2 Å². The molecule has 0 radical (unpaired) electrons. The van der Waals surface area contributed by atoms with Gasteiger partial charge in [0, 0.05) is 78.5 Å². The molecule has 18 nitrogen and oxygen atoms in total. The maximum atomic E-state index is 11.2. The predicted octanol–water partition coefficient (Wildman–Crippen LogP) is -3.68. The summed E-state index contributed by atoms with van der Waals surface area (Å²) in [5.41, 5.74) is 0. The number of carboxylic acid groups (broad SMARTS) is 6. The van der Waals surface area contributed by atoms with Gasteiger partial charge in [0.05, 0.1) is 39.3 Å². The molecule has 6 N–H and O–H groups in total. The molecule has 1 aliphatic heterocycles. The van der Waals surface area contributed by atoms with Gasteiger partial charge in [0.25, 0.3) is 0 Å². The van der Waals surface area contributed by atoms with Gasteiger partial charge in [-0.15, -0.1) is 0 Å². The molecule has 0 atom stereocenters. The van der Waals surface area contributed by atoms with Crippen molar-refractivity contribution in [3.05, 3.63) is 0 Å². The summed E-state index contributed by atoms with van der Waals surface area (Å²) in [5, 5.41) is 54.8. The van der Waals surface area contributed by atoms with Crippen LogP contribution in [0, 0.1) is 0 Å². The van der Waals surface area contributed by atoms with Gasteiger partial charge in [-0.25, -0.2) is 0 Å². The molecule has 1 aliphatic rings. The van der Waals surface area contributed by atoms with Crippen molar-refractivity contribution in [3.63, 3.8) is 0 Å². The third-order valence-electron chi connectivity index (χ3n) is 6.55. The zero-order valence-corrected chi connectivity index (χ0v) is 23.5. The smallest absolute Gasteiger partial charge is 0.317 e. The minimum Gasteiger partial charge on any atom is -0.480 e. The Morgan fingerprint density at radius 1 is 0.381 bits per heavy atom. The van der Waals surface area contributed by atoms with E-state index in [0.29, 0.717) is 58.9 Å². The van der Waals surface area contributed by atoms with Crippen molar-refractivity contribution < 1.29 is 59.4 Å². The predicted molar refractivity (Wildman–Crippen MR) is 144 cm³/mol. The lowest BCUT2D eigenvalue weighted by atomic mass is 10.3. The van der Waals surface area contributed by atoms with E-state index < -0.39 is 75.1 Å². The molecule has 240 valence electrons. The number of nitrogens with zero attached hydrogens (tertiary/aromatic N) is 6. The molecule has 0 aliphatic carbocycles. The van der Waals surface area contributed by atoms with E-state index in [-0.39, 0.29) is 19.6 Å². The second kappa shape index (κ2) is 19.7. The highest BCUT2D eigenvalue weighted by Crippen LogP contribution is 2.04. The third-order valence-corrected chi connectivity index (χ3v) is 6.55. The lowest BCUT2D eigenvalue weighted by Gasteiger charge is -2.29. The number of hydrogen-bond acceptors (Lipinski definition) is 12. The van der Waals surface area contributed by atoms with Gasteiger partial charge in [0.15, 0.2) is 0 Å². The van der Waals surface area contributed by atoms with Gasteiger partial charge in [-0.05, 0) is 0 Å². The van der Waals surface area contributed by atoms with Gasteiger partial charge in [0.1, 0.15) is 0 Å². The molecule has 0 aromatic carbocycles. The van der Waals surface area contributed by atoms with Crippen molar-refractivity contribution in [2.24, 2.45) is 0 Å². The van der Waals surface area contributed by atoms with E-state index in [0.717, 1.165) is 0 Å². The molecule has 1 heterocycles. The van der Waals surface area contributed by atoms with Gasteiger partial charge < -0.3 is 30.6 Å². The van der Waals surface area contributed by atoms with E-state index >= 15 is 0 Å². The summed E-state index contributed by atoms with van der Waals surface area (Å²) in [6.45, 7) is 2.06. The van der Waals surface area contributed by atoms with Crippen LogP contribution in [0.1, 0.15) is 0 Å². The molecular formula is C24H42N6O12. The summed E-state index contributed by atoms with van der Waals surface area (Å²) in [4.78, 5) is 77.1. The number of rotatable bonds is 21. The molecule has 1 fully saturated rings. The van der Waals surface area contributed by atoms with Gasteiger partial charge in [0.2, 0.25) is 0 Å². The van der Waals surface area contributed by atoms with Crippen LogP contribution in [0.5, 0.6) is 0 Å². The molecule has 0 aromatic rings. The summed E-state index contributed by atoms with van der Waals surface area (Å²) >= 11 is 0. The lowest BCUT2D eigenvalue weighted by Crippen LogP contribution is -2.44. The standard InChI is InChI=1S/C24H42N6O12/c31-19(32)13-28(14-20(33)34)10-7-25-1-2-26(8-11-29(15-21(35)36)16-22(37)38)5-6-27(4-3-25)9-12-30(17-23(39)40)18-24(41)42/h1-18H2,(H,31,32)(H,33,34)(H,35,36)(H,37,38)(H,39,40)(H,41,42). The first-order valence-corrected chi connectivity index (χ1v) is 13.4. The molecule has 42 heavy (non-hydrogen) atoms. The number of carboxylic acids is 6. The second-order valence-corrected chi connectivity index (χ2v) is 10.0. The second-order valence-electron chi connectivity index (χ2n) is 10.0. The largest absolute Gasteiger partial charge is 0.480 e. The van der Waals surface area contributed by atoms with E-state index in [1.54, 1.807) is 0 Å². The minimum atomic E-state index is -1.15. The SMILES string of the molecule is O=C(O)CN(CCN1CCN(CCN(CC(=O)O)CC(=O)O)CCN(CCN(CC(=O)O)CC(=O)O)CC1)CC(=O)O. The van der Waals surface area contributed by atoms with Crippen molar-refractivity contribution in [1.29, 1.82) is 0 Å². The van der Waals surface area contributed by atoms with Crippen molar-refractivity contribution in [1.82, 2.24) is 29.4 Å². The number of carbonyl (C=O) groups is 6. The Balaban J connectivity index is 2.98. The van der Waals surface area contributed by atoms with Crippen molar-refractivity contribution in [2.75, 3.05) is 118 Å². The topological polar surface area (TPSA) is 243 Å². The minimum absolute atomic E-state index is 0.175. The number of aliphatic carboxylic acids is 6. The van der Waals surface area contributed by atoms with E-state index in [4.69, 9.17) is 30.6 Å². The van der Waals surface area contributed by atoms with Crippen LogP contribution < -0.4 is 0 Å². The monoisotopic (exact) mass is 606 g/mol. The highest BCUT2D eigenvalue weighted by Gasteiger charge is 2.22. The fraction of sp³-hybridized carbons (Fsp3) is 0.750. The Kier molecular flexibility index (Phi) is 17.1. The summed E-state index contributed by atoms with van der Waals surface area (Å²) < 4.78 is 0. The van der Waals surface area contributed by atoms with E-state index in [2.05, 4.69) is 0 Å². The van der Waals surface area contributed by atoms with Crippen molar-refractivity contribution in [3.8, 4) is 0 Å². The molecule has 0 spiro atoms. The molecule has 1 rings (SSSR count). The van der Waals surface area contributed by atoms with E-state index in [1.165, 1.54) is 14.7 Å². The third kappa shape index (κ3) is 18.1. The molecular weight excluding hydrogens is 564 g/mol. The van der Waals surface area contributed by atoms with Crippen LogP contribution in [0.2, 0.25) is 0 Å². The maximum absolute atomic E-state index is 11.2. The summed E-state index contributed by atoms with van der Waals surface area (Å²) in [5.74, 6) is -6.93. The van der Waals surface area contributed by atoms with Crippen LogP contribution in [0.3, 0.4) is 0 Å². The van der Waals surface area contributed by atoms with Crippen LogP contribution in [-0.2, 0) is 28.8 Å². The van der Waals surface area contributed by atoms with Crippen LogP contribution in [-0.4, -0.2) is 214 Å². The lowest BCUT2D eigenvalue weighted by molar-refractivity contribution is -0.143. The molecule has 1 saturated heterocycles. The molecule has 0 bridgehead atoms. The molecule has 0 amide bonds.